The molecular formula is C17H17N3. The highest BCUT2D eigenvalue weighted by Gasteiger charge is 2.05. The molecule has 3 heteroatoms. The molecule has 2 aromatic carbocycles. The quantitative estimate of drug-likeness (QED) is 0.779. The molecule has 1 heterocycles. The van der Waals surface area contributed by atoms with E-state index in [4.69, 9.17) is 0 Å². The number of rotatable bonds is 3. The highest BCUT2D eigenvalue weighted by atomic mass is 15.1. The number of benzene rings is 2. The van der Waals surface area contributed by atoms with Gasteiger partial charge in [0.1, 0.15) is 5.82 Å². The molecule has 3 aromatic rings. The van der Waals surface area contributed by atoms with Crippen molar-refractivity contribution >= 4 is 5.69 Å². The van der Waals surface area contributed by atoms with Crippen molar-refractivity contribution in [2.75, 3.05) is 19.0 Å². The van der Waals surface area contributed by atoms with Gasteiger partial charge in [0, 0.05) is 25.3 Å². The number of aromatic amines is 1. The molecule has 3 rings (SSSR count). The molecule has 0 saturated carbocycles. The zero-order valence-corrected chi connectivity index (χ0v) is 11.7. The van der Waals surface area contributed by atoms with Gasteiger partial charge in [-0.15, -0.1) is 0 Å². The molecule has 0 unspecified atom stereocenters. The number of imidazole rings is 1. The van der Waals surface area contributed by atoms with E-state index >= 15 is 0 Å². The Morgan fingerprint density at radius 1 is 0.850 bits per heavy atom. The molecule has 1 aromatic heterocycles. The Bertz CT molecular complexity index is 682. The van der Waals surface area contributed by atoms with Crippen molar-refractivity contribution in [1.82, 2.24) is 9.97 Å². The summed E-state index contributed by atoms with van der Waals surface area (Å²) in [4.78, 5) is 9.91. The van der Waals surface area contributed by atoms with Crippen LogP contribution in [0.25, 0.3) is 22.6 Å². The van der Waals surface area contributed by atoms with Crippen LogP contribution in [0, 0.1) is 0 Å². The van der Waals surface area contributed by atoms with Crippen LogP contribution in [0.5, 0.6) is 0 Å². The van der Waals surface area contributed by atoms with E-state index in [2.05, 4.69) is 51.3 Å². The third-order valence-corrected chi connectivity index (χ3v) is 3.32. The topological polar surface area (TPSA) is 31.9 Å². The summed E-state index contributed by atoms with van der Waals surface area (Å²) in [6, 6.07) is 18.6. The maximum atomic E-state index is 4.45. The largest absolute Gasteiger partial charge is 0.378 e. The minimum absolute atomic E-state index is 0.900. The molecule has 0 fully saturated rings. The van der Waals surface area contributed by atoms with Crippen LogP contribution in [0.2, 0.25) is 0 Å². The molecule has 100 valence electrons. The summed E-state index contributed by atoms with van der Waals surface area (Å²) >= 11 is 0. The molecule has 3 nitrogen and oxygen atoms in total. The Morgan fingerprint density at radius 3 is 2.20 bits per heavy atom. The SMILES string of the molecule is CN(C)c1ccc(-c2cnc(-c3ccccc3)[nH]2)cc1. The minimum atomic E-state index is 0.900. The number of aromatic nitrogens is 2. The average molecular weight is 263 g/mol. The first kappa shape index (κ1) is 12.5. The van der Waals surface area contributed by atoms with E-state index in [0.717, 1.165) is 22.6 Å². The van der Waals surface area contributed by atoms with Crippen molar-refractivity contribution in [3.63, 3.8) is 0 Å². The molecule has 0 aliphatic heterocycles. The number of H-pyrrole nitrogens is 1. The lowest BCUT2D eigenvalue weighted by atomic mass is 10.1. The van der Waals surface area contributed by atoms with Gasteiger partial charge in [0.2, 0.25) is 0 Å². The van der Waals surface area contributed by atoms with Gasteiger partial charge in [0.25, 0.3) is 0 Å². The molecular weight excluding hydrogens is 246 g/mol. The maximum absolute atomic E-state index is 4.45. The van der Waals surface area contributed by atoms with Gasteiger partial charge in [-0.05, 0) is 17.7 Å². The van der Waals surface area contributed by atoms with Crippen LogP contribution >= 0.6 is 0 Å². The molecule has 0 saturated heterocycles. The van der Waals surface area contributed by atoms with Gasteiger partial charge in [-0.2, -0.15) is 0 Å². The fourth-order valence-corrected chi connectivity index (χ4v) is 2.15. The molecule has 0 amide bonds. The molecule has 20 heavy (non-hydrogen) atoms. The van der Waals surface area contributed by atoms with Crippen molar-refractivity contribution < 1.29 is 0 Å². The van der Waals surface area contributed by atoms with E-state index in [1.165, 1.54) is 5.69 Å². The summed E-state index contributed by atoms with van der Waals surface area (Å²) < 4.78 is 0. The van der Waals surface area contributed by atoms with E-state index in [0.29, 0.717) is 0 Å². The highest BCUT2D eigenvalue weighted by molar-refractivity contribution is 5.66. The van der Waals surface area contributed by atoms with E-state index in [-0.39, 0.29) is 0 Å². The van der Waals surface area contributed by atoms with E-state index in [1.54, 1.807) is 0 Å². The number of nitrogens with one attached hydrogen (secondary N) is 1. The van der Waals surface area contributed by atoms with Gasteiger partial charge in [-0.25, -0.2) is 4.98 Å². The second-order valence-electron chi connectivity index (χ2n) is 4.95. The predicted octanol–water partition coefficient (Wildman–Crippen LogP) is 3.81. The summed E-state index contributed by atoms with van der Waals surface area (Å²) in [7, 11) is 4.08. The first-order chi connectivity index (χ1) is 9.74. The summed E-state index contributed by atoms with van der Waals surface area (Å²) in [5, 5.41) is 0. The van der Waals surface area contributed by atoms with Crippen molar-refractivity contribution in [3.8, 4) is 22.6 Å². The van der Waals surface area contributed by atoms with Gasteiger partial charge >= 0.3 is 0 Å². The third kappa shape index (κ3) is 2.43. The summed E-state index contributed by atoms with van der Waals surface area (Å²) in [6.45, 7) is 0. The number of nitrogens with zero attached hydrogens (tertiary/aromatic N) is 2. The Morgan fingerprint density at radius 2 is 1.55 bits per heavy atom. The van der Waals surface area contributed by atoms with Gasteiger partial charge in [-0.1, -0.05) is 42.5 Å². The molecule has 0 aliphatic carbocycles. The fourth-order valence-electron chi connectivity index (χ4n) is 2.15. The lowest BCUT2D eigenvalue weighted by Crippen LogP contribution is -2.07. The van der Waals surface area contributed by atoms with Crippen LogP contribution in [0.1, 0.15) is 0 Å². The first-order valence-electron chi connectivity index (χ1n) is 6.62. The lowest BCUT2D eigenvalue weighted by molar-refractivity contribution is 1.13. The Labute approximate surface area is 118 Å². The number of hydrogen-bond acceptors (Lipinski definition) is 2. The van der Waals surface area contributed by atoms with Crippen molar-refractivity contribution in [1.29, 1.82) is 0 Å². The van der Waals surface area contributed by atoms with Crippen LogP contribution in [0.4, 0.5) is 5.69 Å². The molecule has 0 radical (unpaired) electrons. The highest BCUT2D eigenvalue weighted by Crippen LogP contribution is 2.23. The van der Waals surface area contributed by atoms with Gasteiger partial charge in [-0.3, -0.25) is 0 Å². The standard InChI is InChI=1S/C17H17N3/c1-20(2)15-10-8-13(9-11-15)16-12-18-17(19-16)14-6-4-3-5-7-14/h3-12H,1-2H3,(H,18,19). The number of hydrogen-bond donors (Lipinski definition) is 1. The molecule has 0 bridgehead atoms. The van der Waals surface area contributed by atoms with E-state index in [9.17, 15) is 0 Å². The normalized spacial score (nSPS) is 10.5. The van der Waals surface area contributed by atoms with Gasteiger partial charge in [0.15, 0.2) is 0 Å². The summed E-state index contributed by atoms with van der Waals surface area (Å²) in [5.74, 6) is 0.900. The maximum Gasteiger partial charge on any atom is 0.137 e. The van der Waals surface area contributed by atoms with E-state index in [1.807, 2.05) is 38.5 Å². The third-order valence-electron chi connectivity index (χ3n) is 3.32. The van der Waals surface area contributed by atoms with Gasteiger partial charge < -0.3 is 9.88 Å². The Kier molecular flexibility index (Phi) is 3.25. The van der Waals surface area contributed by atoms with Crippen LogP contribution in [0.15, 0.2) is 60.8 Å². The monoisotopic (exact) mass is 263 g/mol. The predicted molar refractivity (Wildman–Crippen MR) is 83.8 cm³/mol. The lowest BCUT2D eigenvalue weighted by Gasteiger charge is -2.12. The van der Waals surface area contributed by atoms with Crippen molar-refractivity contribution in [2.24, 2.45) is 0 Å². The van der Waals surface area contributed by atoms with Crippen molar-refractivity contribution in [3.05, 3.63) is 60.8 Å². The van der Waals surface area contributed by atoms with E-state index < -0.39 is 0 Å². The van der Waals surface area contributed by atoms with Crippen LogP contribution in [-0.4, -0.2) is 24.1 Å². The Balaban J connectivity index is 1.90. The molecule has 0 spiro atoms. The van der Waals surface area contributed by atoms with Crippen molar-refractivity contribution in [2.45, 2.75) is 0 Å². The summed E-state index contributed by atoms with van der Waals surface area (Å²) in [5.41, 5.74) is 4.47. The van der Waals surface area contributed by atoms with Crippen LogP contribution in [0.3, 0.4) is 0 Å². The minimum Gasteiger partial charge on any atom is -0.378 e. The fraction of sp³-hybridized carbons (Fsp3) is 0.118. The molecule has 0 aliphatic rings. The second-order valence-corrected chi connectivity index (χ2v) is 4.95. The average Bonchev–Trinajstić information content (AvgIpc) is 2.98. The number of anilines is 1. The van der Waals surface area contributed by atoms with Crippen LogP contribution in [-0.2, 0) is 0 Å². The molecule has 0 atom stereocenters. The smallest absolute Gasteiger partial charge is 0.137 e. The van der Waals surface area contributed by atoms with Gasteiger partial charge in [0.05, 0.1) is 11.9 Å². The zero-order valence-electron chi connectivity index (χ0n) is 11.7. The zero-order chi connectivity index (χ0) is 13.9. The van der Waals surface area contributed by atoms with Crippen LogP contribution < -0.4 is 4.90 Å². The molecule has 1 N–H and O–H groups in total. The Hall–Kier alpha value is -2.55. The first-order valence-corrected chi connectivity index (χ1v) is 6.62. The second kappa shape index (κ2) is 5.21. The summed E-state index contributed by atoms with van der Waals surface area (Å²) in [6.07, 6.45) is 1.88.